The Bertz CT molecular complexity index is 1050. The first kappa shape index (κ1) is 26.8. The second-order valence-electron chi connectivity index (χ2n) is 8.72. The Morgan fingerprint density at radius 1 is 1.15 bits per heavy atom. The maximum Gasteiger partial charge on any atom is 0.244 e. The number of ether oxygens (including phenoxy) is 2. The molecule has 0 radical (unpaired) electrons. The van der Waals surface area contributed by atoms with E-state index in [-0.39, 0.29) is 30.0 Å². The van der Waals surface area contributed by atoms with Gasteiger partial charge in [0, 0.05) is 0 Å². The monoisotopic (exact) mass is 496 g/mol. The summed E-state index contributed by atoms with van der Waals surface area (Å²) in [4.78, 5) is 12.9. The highest BCUT2D eigenvalue weighted by Crippen LogP contribution is 2.32. The molecule has 0 fully saturated rings. The number of carbonyl (C=O) groups is 1. The first-order valence-electron chi connectivity index (χ1n) is 10.7. The number of amides is 1. The van der Waals surface area contributed by atoms with Gasteiger partial charge in [-0.1, -0.05) is 51.4 Å². The second-order valence-corrected chi connectivity index (χ2v) is 11.0. The minimum atomic E-state index is -3.76. The molecule has 1 N–H and O–H groups in total. The van der Waals surface area contributed by atoms with Gasteiger partial charge in [-0.25, -0.2) is 8.42 Å². The number of rotatable bonds is 10. The first-order chi connectivity index (χ1) is 15.4. The fourth-order valence-electron chi connectivity index (χ4n) is 3.36. The van der Waals surface area contributed by atoms with Gasteiger partial charge in [0.15, 0.2) is 0 Å². The van der Waals surface area contributed by atoms with Gasteiger partial charge in [-0.3, -0.25) is 9.10 Å². The second kappa shape index (κ2) is 11.1. The van der Waals surface area contributed by atoms with Crippen molar-refractivity contribution in [1.82, 2.24) is 5.32 Å². The van der Waals surface area contributed by atoms with E-state index in [1.807, 2.05) is 24.3 Å². The molecule has 2 aromatic rings. The van der Waals surface area contributed by atoms with E-state index in [4.69, 9.17) is 21.1 Å². The molecular weight excluding hydrogens is 464 g/mol. The molecule has 0 saturated heterocycles. The zero-order valence-corrected chi connectivity index (χ0v) is 21.6. The topological polar surface area (TPSA) is 84.9 Å². The van der Waals surface area contributed by atoms with Crippen molar-refractivity contribution in [3.63, 3.8) is 0 Å². The number of nitrogens with zero attached hydrogens (tertiary/aromatic N) is 1. The van der Waals surface area contributed by atoms with E-state index in [2.05, 4.69) is 26.1 Å². The first-order valence-corrected chi connectivity index (χ1v) is 12.9. The maximum atomic E-state index is 12.9. The summed E-state index contributed by atoms with van der Waals surface area (Å²) >= 11 is 6.18. The molecule has 7 nitrogen and oxygen atoms in total. The van der Waals surface area contributed by atoms with E-state index in [1.165, 1.54) is 18.7 Å². The van der Waals surface area contributed by atoms with E-state index < -0.39 is 22.0 Å². The molecule has 1 amide bonds. The molecule has 0 aromatic heterocycles. The Kier molecular flexibility index (Phi) is 9.03. The number of hydrogen-bond acceptors (Lipinski definition) is 5. The third-order valence-corrected chi connectivity index (χ3v) is 6.59. The maximum absolute atomic E-state index is 12.9. The number of halogens is 1. The zero-order valence-electron chi connectivity index (χ0n) is 20.0. The Hall–Kier alpha value is -2.45. The van der Waals surface area contributed by atoms with Crippen LogP contribution in [0.3, 0.4) is 0 Å². The van der Waals surface area contributed by atoms with Gasteiger partial charge in [0.25, 0.3) is 0 Å². The zero-order chi connectivity index (χ0) is 24.8. The van der Waals surface area contributed by atoms with Gasteiger partial charge in [-0.2, -0.15) is 0 Å². The van der Waals surface area contributed by atoms with Crippen molar-refractivity contribution in [2.45, 2.75) is 45.6 Å². The molecule has 2 rings (SSSR count). The summed E-state index contributed by atoms with van der Waals surface area (Å²) in [5, 5.41) is 3.03. The van der Waals surface area contributed by atoms with E-state index in [0.29, 0.717) is 17.2 Å². The van der Waals surface area contributed by atoms with Crippen molar-refractivity contribution >= 4 is 33.2 Å². The van der Waals surface area contributed by atoms with Gasteiger partial charge >= 0.3 is 0 Å². The molecule has 1 unspecified atom stereocenters. The van der Waals surface area contributed by atoms with Crippen molar-refractivity contribution in [3.8, 4) is 11.5 Å². The minimum absolute atomic E-state index is 0.0568. The number of nitrogens with one attached hydrogen (secondary N) is 1. The van der Waals surface area contributed by atoms with Gasteiger partial charge in [0.05, 0.1) is 30.6 Å². The van der Waals surface area contributed by atoms with E-state index in [0.717, 1.165) is 10.6 Å². The molecule has 0 spiro atoms. The number of methoxy groups -OCH3 is 1. The van der Waals surface area contributed by atoms with Crippen LogP contribution in [0.25, 0.3) is 0 Å². The molecule has 9 heteroatoms. The van der Waals surface area contributed by atoms with Crippen LogP contribution in [0.1, 0.15) is 39.7 Å². The largest absolute Gasteiger partial charge is 0.495 e. The van der Waals surface area contributed by atoms with Crippen molar-refractivity contribution in [2.75, 3.05) is 30.8 Å². The molecular formula is C24H33ClN2O5S. The van der Waals surface area contributed by atoms with Crippen LogP contribution < -0.4 is 19.1 Å². The molecule has 0 aliphatic carbocycles. The van der Waals surface area contributed by atoms with Crippen molar-refractivity contribution in [2.24, 2.45) is 0 Å². The lowest BCUT2D eigenvalue weighted by Gasteiger charge is -2.30. The van der Waals surface area contributed by atoms with Gasteiger partial charge in [-0.15, -0.1) is 0 Å². The molecule has 0 aliphatic heterocycles. The van der Waals surface area contributed by atoms with Crippen LogP contribution in [-0.2, 0) is 20.2 Å². The van der Waals surface area contributed by atoms with Gasteiger partial charge in [-0.05, 0) is 47.7 Å². The van der Waals surface area contributed by atoms with E-state index in [9.17, 15) is 13.2 Å². The normalized spacial score (nSPS) is 12.7. The molecule has 0 heterocycles. The van der Waals surface area contributed by atoms with Crippen LogP contribution in [0, 0.1) is 0 Å². The van der Waals surface area contributed by atoms with E-state index >= 15 is 0 Å². The van der Waals surface area contributed by atoms with Gasteiger partial charge < -0.3 is 14.8 Å². The van der Waals surface area contributed by atoms with Crippen LogP contribution in [-0.4, -0.2) is 46.9 Å². The van der Waals surface area contributed by atoms with Crippen molar-refractivity contribution in [1.29, 1.82) is 0 Å². The molecule has 1 atom stereocenters. The Morgan fingerprint density at radius 3 is 2.27 bits per heavy atom. The van der Waals surface area contributed by atoms with Crippen molar-refractivity contribution < 1.29 is 22.7 Å². The molecule has 0 bridgehead atoms. The highest BCUT2D eigenvalue weighted by molar-refractivity contribution is 7.92. The third-order valence-electron chi connectivity index (χ3n) is 5.11. The fraction of sp³-hybridized carbons (Fsp3) is 0.458. The SMILES string of the molecule is CCC(C(=O)NCCOc1ccc(C(C)(C)C)cc1)N(c1ccc(OC)c(Cl)c1)S(C)(=O)=O. The van der Waals surface area contributed by atoms with Crippen LogP contribution in [0.15, 0.2) is 42.5 Å². The number of anilines is 1. The molecule has 2 aromatic carbocycles. The number of carbonyl (C=O) groups excluding carboxylic acids is 1. The molecule has 0 aliphatic rings. The van der Waals surface area contributed by atoms with Gasteiger partial charge in [0.2, 0.25) is 15.9 Å². The van der Waals surface area contributed by atoms with Crippen LogP contribution in [0.4, 0.5) is 5.69 Å². The molecule has 182 valence electrons. The standard InChI is InChI=1S/C24H33ClN2O5S/c1-7-21(27(33(6,29)30)18-10-13-22(31-5)20(25)16-18)23(28)26-14-15-32-19-11-8-17(9-12-19)24(2,3)4/h8-13,16,21H,7,14-15H2,1-6H3,(H,26,28). The van der Waals surface area contributed by atoms with Crippen molar-refractivity contribution in [3.05, 3.63) is 53.1 Å². The fourth-order valence-corrected chi connectivity index (χ4v) is 4.82. The molecule has 0 saturated carbocycles. The highest BCUT2D eigenvalue weighted by atomic mass is 35.5. The quantitative estimate of drug-likeness (QED) is 0.493. The van der Waals surface area contributed by atoms with Gasteiger partial charge in [0.1, 0.15) is 24.1 Å². The summed E-state index contributed by atoms with van der Waals surface area (Å²) in [5.41, 5.74) is 1.55. The summed E-state index contributed by atoms with van der Waals surface area (Å²) in [6.07, 6.45) is 1.34. The van der Waals surface area contributed by atoms with E-state index in [1.54, 1.807) is 19.1 Å². The Labute approximate surface area is 202 Å². The third kappa shape index (κ3) is 7.27. The minimum Gasteiger partial charge on any atom is -0.495 e. The highest BCUT2D eigenvalue weighted by Gasteiger charge is 2.31. The summed E-state index contributed by atoms with van der Waals surface area (Å²) < 4.78 is 37.1. The summed E-state index contributed by atoms with van der Waals surface area (Å²) in [5.74, 6) is 0.704. The predicted molar refractivity (Wildman–Crippen MR) is 133 cm³/mol. The average molecular weight is 497 g/mol. The smallest absolute Gasteiger partial charge is 0.244 e. The molecule has 33 heavy (non-hydrogen) atoms. The summed E-state index contributed by atoms with van der Waals surface area (Å²) in [6.45, 7) is 8.66. The Balaban J connectivity index is 2.05. The predicted octanol–water partition coefficient (Wildman–Crippen LogP) is 4.39. The Morgan fingerprint density at radius 2 is 1.79 bits per heavy atom. The number of benzene rings is 2. The average Bonchev–Trinajstić information content (AvgIpc) is 2.73. The lowest BCUT2D eigenvalue weighted by molar-refractivity contribution is -0.122. The lowest BCUT2D eigenvalue weighted by atomic mass is 9.87. The number of sulfonamides is 1. The summed E-state index contributed by atoms with van der Waals surface area (Å²) in [6, 6.07) is 11.5. The van der Waals surface area contributed by atoms with Crippen LogP contribution in [0.5, 0.6) is 11.5 Å². The number of hydrogen-bond donors (Lipinski definition) is 1. The van der Waals surface area contributed by atoms with Crippen LogP contribution >= 0.6 is 11.6 Å². The summed E-state index contributed by atoms with van der Waals surface area (Å²) in [7, 11) is -2.29. The lowest BCUT2D eigenvalue weighted by Crippen LogP contribution is -2.50. The van der Waals surface area contributed by atoms with Crippen LogP contribution in [0.2, 0.25) is 5.02 Å².